The number of carbonyl (C=O) groups is 1. The van der Waals surface area contributed by atoms with Crippen LogP contribution in [-0.4, -0.2) is 21.4 Å². The number of alkyl halides is 3. The van der Waals surface area contributed by atoms with E-state index >= 15 is 0 Å². The number of aromatic nitrogens is 2. The second-order valence-electron chi connectivity index (χ2n) is 5.65. The number of anilines is 1. The van der Waals surface area contributed by atoms with Gasteiger partial charge in [0.05, 0.1) is 10.6 Å². The molecule has 0 aliphatic carbocycles. The average Bonchev–Trinajstić information content (AvgIpc) is 2.68. The molecule has 3 rings (SSSR count). The highest BCUT2D eigenvalue weighted by Crippen LogP contribution is 2.41. The molecule has 0 saturated heterocycles. The molecular weight excluding hydrogens is 443 g/mol. The summed E-state index contributed by atoms with van der Waals surface area (Å²) >= 11 is 7.01. The molecular formula is C19H13ClF3N3OS2. The van der Waals surface area contributed by atoms with Crippen LogP contribution in [0.25, 0.3) is 0 Å². The molecule has 0 radical (unpaired) electrons. The number of hydrogen-bond donors (Lipinski definition) is 1. The summed E-state index contributed by atoms with van der Waals surface area (Å²) in [6.07, 6.45) is 4.96. The summed E-state index contributed by atoms with van der Waals surface area (Å²) in [5.74, 6) is 0.178. The van der Waals surface area contributed by atoms with Crippen LogP contribution in [0, 0.1) is 0 Å². The minimum Gasteiger partial charge on any atom is -0.322 e. The van der Waals surface area contributed by atoms with Crippen LogP contribution >= 0.6 is 35.1 Å². The SMILES string of the molecule is O=C(Nc1ccc(SC(F)(F)F)c(Cl)c1)c1cccnc1SCc1ccncc1. The number of halogens is 4. The Morgan fingerprint density at radius 2 is 1.86 bits per heavy atom. The lowest BCUT2D eigenvalue weighted by Crippen LogP contribution is -2.13. The van der Waals surface area contributed by atoms with E-state index in [1.165, 1.54) is 30.0 Å². The highest BCUT2D eigenvalue weighted by Gasteiger charge is 2.30. The van der Waals surface area contributed by atoms with Crippen molar-refractivity contribution in [2.45, 2.75) is 21.2 Å². The molecule has 1 N–H and O–H groups in total. The molecule has 2 heterocycles. The summed E-state index contributed by atoms with van der Waals surface area (Å²) in [4.78, 5) is 20.8. The molecule has 0 fully saturated rings. The van der Waals surface area contributed by atoms with E-state index in [-0.39, 0.29) is 21.7 Å². The molecule has 0 bridgehead atoms. The highest BCUT2D eigenvalue weighted by atomic mass is 35.5. The third-order valence-corrected chi connectivity index (χ3v) is 5.86. The number of hydrogen-bond acceptors (Lipinski definition) is 5. The van der Waals surface area contributed by atoms with Crippen molar-refractivity contribution >= 4 is 46.7 Å². The zero-order valence-electron chi connectivity index (χ0n) is 14.6. The molecule has 3 aromatic rings. The van der Waals surface area contributed by atoms with Gasteiger partial charge in [-0.05, 0) is 59.8 Å². The van der Waals surface area contributed by atoms with Crippen LogP contribution in [0.4, 0.5) is 18.9 Å². The molecule has 0 atom stereocenters. The molecule has 4 nitrogen and oxygen atoms in total. The number of carbonyl (C=O) groups excluding carboxylic acids is 1. The Labute approximate surface area is 178 Å². The molecule has 0 saturated carbocycles. The lowest BCUT2D eigenvalue weighted by molar-refractivity contribution is -0.0328. The van der Waals surface area contributed by atoms with E-state index in [0.29, 0.717) is 22.0 Å². The molecule has 29 heavy (non-hydrogen) atoms. The normalized spacial score (nSPS) is 11.3. The highest BCUT2D eigenvalue weighted by molar-refractivity contribution is 8.00. The van der Waals surface area contributed by atoms with Crippen LogP contribution in [0.15, 0.2) is 71.0 Å². The number of pyridine rings is 2. The maximum Gasteiger partial charge on any atom is 0.446 e. The van der Waals surface area contributed by atoms with E-state index in [1.807, 2.05) is 12.1 Å². The first-order chi connectivity index (χ1) is 13.8. The zero-order chi connectivity index (χ0) is 20.9. The Morgan fingerprint density at radius 1 is 1.10 bits per heavy atom. The van der Waals surface area contributed by atoms with Crippen molar-refractivity contribution in [3.8, 4) is 0 Å². The number of nitrogens with zero attached hydrogens (tertiary/aromatic N) is 2. The average molecular weight is 456 g/mol. The molecule has 2 aromatic heterocycles. The van der Waals surface area contributed by atoms with E-state index in [4.69, 9.17) is 11.6 Å². The molecule has 0 aliphatic heterocycles. The third-order valence-electron chi connectivity index (χ3n) is 3.56. The molecule has 1 amide bonds. The first-order valence-electron chi connectivity index (χ1n) is 8.15. The summed E-state index contributed by atoms with van der Waals surface area (Å²) in [6, 6.07) is 10.9. The summed E-state index contributed by atoms with van der Waals surface area (Å²) < 4.78 is 37.5. The monoisotopic (exact) mass is 455 g/mol. The van der Waals surface area contributed by atoms with Gasteiger partial charge in [-0.2, -0.15) is 13.2 Å². The lowest BCUT2D eigenvalue weighted by atomic mass is 10.2. The summed E-state index contributed by atoms with van der Waals surface area (Å²) in [5, 5.41) is 3.10. The van der Waals surface area contributed by atoms with Gasteiger partial charge in [-0.1, -0.05) is 11.6 Å². The second kappa shape index (κ2) is 9.51. The van der Waals surface area contributed by atoms with Crippen LogP contribution in [0.2, 0.25) is 5.02 Å². The fraction of sp³-hybridized carbons (Fsp3) is 0.105. The van der Waals surface area contributed by atoms with E-state index in [0.717, 1.165) is 5.56 Å². The lowest BCUT2D eigenvalue weighted by Gasteiger charge is -2.11. The second-order valence-corrected chi connectivity index (χ2v) is 8.13. The van der Waals surface area contributed by atoms with E-state index in [9.17, 15) is 18.0 Å². The Bertz CT molecular complexity index is 1000. The quantitative estimate of drug-likeness (QED) is 0.443. The smallest absolute Gasteiger partial charge is 0.322 e. The standard InChI is InChI=1S/C19H13ClF3N3OS2/c20-15-10-13(3-4-16(15)29-19(21,22)23)26-17(27)14-2-1-7-25-18(14)28-11-12-5-8-24-9-6-12/h1-10H,11H2,(H,26,27). The van der Waals surface area contributed by atoms with Gasteiger partial charge >= 0.3 is 5.51 Å². The van der Waals surface area contributed by atoms with E-state index < -0.39 is 11.4 Å². The van der Waals surface area contributed by atoms with Crippen molar-refractivity contribution < 1.29 is 18.0 Å². The number of nitrogens with one attached hydrogen (secondary N) is 1. The number of rotatable bonds is 6. The van der Waals surface area contributed by atoms with Gasteiger partial charge in [-0.15, -0.1) is 11.8 Å². The largest absolute Gasteiger partial charge is 0.446 e. The third kappa shape index (κ3) is 6.38. The van der Waals surface area contributed by atoms with Crippen molar-refractivity contribution in [1.29, 1.82) is 0 Å². The van der Waals surface area contributed by atoms with Crippen LogP contribution in [-0.2, 0) is 5.75 Å². The van der Waals surface area contributed by atoms with Gasteiger partial charge in [-0.25, -0.2) is 4.98 Å². The summed E-state index contributed by atoms with van der Waals surface area (Å²) in [6.45, 7) is 0. The predicted molar refractivity (Wildman–Crippen MR) is 109 cm³/mol. The van der Waals surface area contributed by atoms with Gasteiger partial charge in [0.1, 0.15) is 5.03 Å². The van der Waals surface area contributed by atoms with Crippen LogP contribution in [0.3, 0.4) is 0 Å². The molecule has 150 valence electrons. The Balaban J connectivity index is 1.72. The van der Waals surface area contributed by atoms with Gasteiger partial charge < -0.3 is 5.32 Å². The Morgan fingerprint density at radius 3 is 2.55 bits per heavy atom. The maximum absolute atomic E-state index is 12.7. The van der Waals surface area contributed by atoms with E-state index in [1.54, 1.807) is 30.7 Å². The molecule has 1 aromatic carbocycles. The zero-order valence-corrected chi connectivity index (χ0v) is 17.0. The maximum atomic E-state index is 12.7. The van der Waals surface area contributed by atoms with Gasteiger partial charge in [0, 0.05) is 34.9 Å². The minimum atomic E-state index is -4.44. The van der Waals surface area contributed by atoms with Gasteiger partial charge in [0.25, 0.3) is 5.91 Å². The van der Waals surface area contributed by atoms with Crippen molar-refractivity contribution in [2.75, 3.05) is 5.32 Å². The number of benzene rings is 1. The van der Waals surface area contributed by atoms with Crippen molar-refractivity contribution in [3.63, 3.8) is 0 Å². The number of thioether (sulfide) groups is 2. The topological polar surface area (TPSA) is 54.9 Å². The summed E-state index contributed by atoms with van der Waals surface area (Å²) in [7, 11) is 0. The van der Waals surface area contributed by atoms with Crippen molar-refractivity contribution in [2.24, 2.45) is 0 Å². The first-order valence-corrected chi connectivity index (χ1v) is 10.3. The fourth-order valence-corrected chi connectivity index (χ4v) is 4.08. The van der Waals surface area contributed by atoms with E-state index in [2.05, 4.69) is 15.3 Å². The van der Waals surface area contributed by atoms with Gasteiger partial charge in [-0.3, -0.25) is 9.78 Å². The Hall–Kier alpha value is -2.23. The minimum absolute atomic E-state index is 0.0939. The predicted octanol–water partition coefficient (Wildman–Crippen LogP) is 6.29. The van der Waals surface area contributed by atoms with Gasteiger partial charge in [0.15, 0.2) is 0 Å². The van der Waals surface area contributed by atoms with Gasteiger partial charge in [0.2, 0.25) is 0 Å². The van der Waals surface area contributed by atoms with Crippen LogP contribution in [0.5, 0.6) is 0 Å². The summed E-state index contributed by atoms with van der Waals surface area (Å²) in [5.41, 5.74) is -2.76. The molecule has 10 heteroatoms. The molecule has 0 aliphatic rings. The molecule has 0 spiro atoms. The number of amides is 1. The van der Waals surface area contributed by atoms with Crippen molar-refractivity contribution in [3.05, 3.63) is 77.2 Å². The molecule has 0 unspecified atom stereocenters. The van der Waals surface area contributed by atoms with Crippen LogP contribution in [0.1, 0.15) is 15.9 Å². The first kappa shape index (κ1) is 21.5. The van der Waals surface area contributed by atoms with Crippen LogP contribution < -0.4 is 5.32 Å². The van der Waals surface area contributed by atoms with Crippen molar-refractivity contribution in [1.82, 2.24) is 9.97 Å². The fourth-order valence-electron chi connectivity index (χ4n) is 2.29. The Kier molecular flexibility index (Phi) is 7.05.